The van der Waals surface area contributed by atoms with Crippen LogP contribution in [0.15, 0.2) is 18.2 Å². The molecule has 3 rings (SSSR count). The quantitative estimate of drug-likeness (QED) is 0.764. The lowest BCUT2D eigenvalue weighted by Gasteiger charge is -2.37. The van der Waals surface area contributed by atoms with E-state index in [1.807, 2.05) is 19.9 Å². The first-order valence-electron chi connectivity index (χ1n) is 10.0. The summed E-state index contributed by atoms with van der Waals surface area (Å²) in [4.78, 5) is 15.3. The molecule has 2 saturated heterocycles. The van der Waals surface area contributed by atoms with Crippen LogP contribution in [-0.2, 0) is 21.4 Å². The van der Waals surface area contributed by atoms with E-state index in [0.717, 1.165) is 12.1 Å². The largest absolute Gasteiger partial charge is 0.368 e. The molecule has 6 nitrogen and oxygen atoms in total. The van der Waals surface area contributed by atoms with Gasteiger partial charge >= 0.3 is 0 Å². The Morgan fingerprint density at radius 2 is 1.86 bits per heavy atom. The Bertz CT molecular complexity index is 822. The Morgan fingerprint density at radius 1 is 1.18 bits per heavy atom. The fourth-order valence-electron chi connectivity index (χ4n) is 4.13. The lowest BCUT2D eigenvalue weighted by atomic mass is 10.1. The normalized spacial score (nSPS) is 25.7. The molecule has 1 unspecified atom stereocenters. The highest BCUT2D eigenvalue weighted by Crippen LogP contribution is 2.31. The van der Waals surface area contributed by atoms with Crippen LogP contribution < -0.4 is 4.90 Å². The highest BCUT2D eigenvalue weighted by molar-refractivity contribution is 7.89. The number of carbonyl (C=O) groups excluding carboxylic acids is 1. The van der Waals surface area contributed by atoms with Gasteiger partial charge in [-0.15, -0.1) is 0 Å². The van der Waals surface area contributed by atoms with Crippen molar-refractivity contribution in [3.8, 4) is 0 Å². The van der Waals surface area contributed by atoms with Gasteiger partial charge in [0.05, 0.1) is 5.25 Å². The first-order valence-corrected chi connectivity index (χ1v) is 11.5. The summed E-state index contributed by atoms with van der Waals surface area (Å²) in [6.45, 7) is 7.98. The van der Waals surface area contributed by atoms with E-state index in [9.17, 15) is 17.6 Å². The van der Waals surface area contributed by atoms with E-state index in [1.165, 1.54) is 10.4 Å². The van der Waals surface area contributed by atoms with E-state index in [-0.39, 0.29) is 29.6 Å². The number of anilines is 1. The zero-order chi connectivity index (χ0) is 20.5. The Balaban J connectivity index is 1.73. The van der Waals surface area contributed by atoms with Crippen molar-refractivity contribution in [3.05, 3.63) is 29.6 Å². The van der Waals surface area contributed by atoms with Gasteiger partial charge in [-0.3, -0.25) is 4.79 Å². The number of piperazine rings is 1. The molecule has 2 heterocycles. The third-order valence-electron chi connectivity index (χ3n) is 6.05. The molecule has 0 saturated carbocycles. The fourth-order valence-corrected chi connectivity index (χ4v) is 6.30. The Hall–Kier alpha value is -1.67. The predicted molar refractivity (Wildman–Crippen MR) is 108 cm³/mol. The maximum absolute atomic E-state index is 14.8. The van der Waals surface area contributed by atoms with Gasteiger partial charge in [0.25, 0.3) is 0 Å². The van der Waals surface area contributed by atoms with E-state index >= 15 is 0 Å². The molecular formula is C20H30FN3O3S. The highest BCUT2D eigenvalue weighted by Gasteiger charge is 2.38. The Morgan fingerprint density at radius 3 is 2.43 bits per heavy atom. The van der Waals surface area contributed by atoms with Crippen LogP contribution in [0.4, 0.5) is 10.1 Å². The standard InChI is InChI=1S/C20H30FN3O3S/c1-4-19-8-5-15(2)24(28(19,26)27)14-17-6-7-18(13-20(17)21)23-11-9-22(10-12-23)16(3)25/h6-7,13,15,19H,4-5,8-12,14H2,1-3H3/t15-,19?/m0/s1. The Kier molecular flexibility index (Phi) is 6.29. The summed E-state index contributed by atoms with van der Waals surface area (Å²) in [5.41, 5.74) is 1.17. The second kappa shape index (κ2) is 8.37. The number of sulfonamides is 1. The van der Waals surface area contributed by atoms with Gasteiger partial charge in [0.15, 0.2) is 0 Å². The van der Waals surface area contributed by atoms with Crippen molar-refractivity contribution < 1.29 is 17.6 Å². The maximum Gasteiger partial charge on any atom is 0.219 e. The lowest BCUT2D eigenvalue weighted by molar-refractivity contribution is -0.129. The van der Waals surface area contributed by atoms with Crippen molar-refractivity contribution in [3.63, 3.8) is 0 Å². The second-order valence-corrected chi connectivity index (χ2v) is 9.98. The van der Waals surface area contributed by atoms with Gasteiger partial charge in [0, 0.05) is 56.9 Å². The summed E-state index contributed by atoms with van der Waals surface area (Å²) in [5, 5.41) is -0.372. The fraction of sp³-hybridized carbons (Fsp3) is 0.650. The van der Waals surface area contributed by atoms with Crippen molar-refractivity contribution in [2.24, 2.45) is 0 Å². The molecule has 0 spiro atoms. The minimum atomic E-state index is -3.40. The molecule has 1 aromatic carbocycles. The van der Waals surface area contributed by atoms with Crippen molar-refractivity contribution >= 4 is 21.6 Å². The van der Waals surface area contributed by atoms with Crippen LogP contribution in [0.25, 0.3) is 0 Å². The first kappa shape index (κ1) is 21.0. The number of amides is 1. The molecule has 0 aromatic heterocycles. The minimum Gasteiger partial charge on any atom is -0.368 e. The van der Waals surface area contributed by atoms with Crippen LogP contribution in [0.1, 0.15) is 45.6 Å². The van der Waals surface area contributed by atoms with Gasteiger partial charge < -0.3 is 9.80 Å². The summed E-state index contributed by atoms with van der Waals surface area (Å²) in [6, 6.07) is 4.91. The molecule has 0 bridgehead atoms. The molecule has 2 aliphatic rings. The third kappa shape index (κ3) is 4.17. The van der Waals surface area contributed by atoms with Crippen LogP contribution in [0.5, 0.6) is 0 Å². The van der Waals surface area contributed by atoms with Crippen LogP contribution in [0.3, 0.4) is 0 Å². The number of hydrogen-bond donors (Lipinski definition) is 0. The zero-order valence-corrected chi connectivity index (χ0v) is 17.7. The molecule has 0 aliphatic carbocycles. The molecule has 0 radical (unpaired) electrons. The van der Waals surface area contributed by atoms with Gasteiger partial charge in [0.1, 0.15) is 5.82 Å². The molecule has 28 heavy (non-hydrogen) atoms. The molecule has 2 aliphatic heterocycles. The number of halogens is 1. The van der Waals surface area contributed by atoms with Crippen molar-refractivity contribution in [2.75, 3.05) is 31.1 Å². The first-order chi connectivity index (χ1) is 13.2. The van der Waals surface area contributed by atoms with Gasteiger partial charge in [-0.1, -0.05) is 13.0 Å². The smallest absolute Gasteiger partial charge is 0.219 e. The van der Waals surface area contributed by atoms with Gasteiger partial charge in [-0.2, -0.15) is 4.31 Å². The van der Waals surface area contributed by atoms with Crippen LogP contribution in [0, 0.1) is 5.82 Å². The molecule has 0 N–H and O–H groups in total. The third-order valence-corrected chi connectivity index (χ3v) is 8.61. The average Bonchev–Trinajstić information content (AvgIpc) is 2.66. The second-order valence-electron chi connectivity index (χ2n) is 7.82. The van der Waals surface area contributed by atoms with Gasteiger partial charge in [-0.25, -0.2) is 12.8 Å². The average molecular weight is 412 g/mol. The molecule has 2 fully saturated rings. The molecule has 1 aromatic rings. The summed E-state index contributed by atoms with van der Waals surface area (Å²) in [7, 11) is -3.40. The van der Waals surface area contributed by atoms with Crippen LogP contribution >= 0.6 is 0 Å². The topological polar surface area (TPSA) is 60.9 Å². The molecular weight excluding hydrogens is 381 g/mol. The lowest BCUT2D eigenvalue weighted by Crippen LogP contribution is -2.48. The molecule has 1 amide bonds. The number of rotatable bonds is 4. The summed E-state index contributed by atoms with van der Waals surface area (Å²) >= 11 is 0. The van der Waals surface area contributed by atoms with Crippen LogP contribution in [-0.4, -0.2) is 61.0 Å². The Labute approximate surface area is 167 Å². The van der Waals surface area contributed by atoms with E-state index in [4.69, 9.17) is 0 Å². The van der Waals surface area contributed by atoms with E-state index in [2.05, 4.69) is 4.90 Å². The summed E-state index contributed by atoms with van der Waals surface area (Å²) in [6.07, 6.45) is 2.06. The molecule has 156 valence electrons. The van der Waals surface area contributed by atoms with Gasteiger partial charge in [0.2, 0.25) is 15.9 Å². The maximum atomic E-state index is 14.8. The summed E-state index contributed by atoms with van der Waals surface area (Å²) in [5.74, 6) is -0.323. The van der Waals surface area contributed by atoms with E-state index in [0.29, 0.717) is 44.6 Å². The van der Waals surface area contributed by atoms with Crippen molar-refractivity contribution in [1.29, 1.82) is 0 Å². The zero-order valence-electron chi connectivity index (χ0n) is 16.9. The molecule has 8 heteroatoms. The van der Waals surface area contributed by atoms with Crippen LogP contribution in [0.2, 0.25) is 0 Å². The summed E-state index contributed by atoms with van der Waals surface area (Å²) < 4.78 is 41.9. The van der Waals surface area contributed by atoms with Crippen molar-refractivity contribution in [2.45, 2.75) is 57.9 Å². The number of hydrogen-bond acceptors (Lipinski definition) is 4. The predicted octanol–water partition coefficient (Wildman–Crippen LogP) is 2.59. The highest BCUT2D eigenvalue weighted by atomic mass is 32.2. The number of carbonyl (C=O) groups is 1. The minimum absolute atomic E-state index is 0.0587. The monoisotopic (exact) mass is 411 g/mol. The number of benzene rings is 1. The number of nitrogens with zero attached hydrogens (tertiary/aromatic N) is 3. The van der Waals surface area contributed by atoms with E-state index < -0.39 is 10.0 Å². The molecule has 2 atom stereocenters. The van der Waals surface area contributed by atoms with Crippen molar-refractivity contribution in [1.82, 2.24) is 9.21 Å². The van der Waals surface area contributed by atoms with E-state index in [1.54, 1.807) is 17.9 Å². The van der Waals surface area contributed by atoms with Gasteiger partial charge in [-0.05, 0) is 38.3 Å². The SMILES string of the molecule is CCC1CC[C@H](C)N(Cc2ccc(N3CCN(C(C)=O)CC3)cc2F)S1(=O)=O.